The quantitative estimate of drug-likeness (QED) is 0.773. The Hall–Kier alpha value is -2.47. The summed E-state index contributed by atoms with van der Waals surface area (Å²) in [6.45, 7) is 0. The fourth-order valence-electron chi connectivity index (χ4n) is 2.12. The van der Waals surface area contributed by atoms with Gasteiger partial charge in [0.2, 0.25) is 0 Å². The van der Waals surface area contributed by atoms with E-state index in [1.807, 2.05) is 30.3 Å². The van der Waals surface area contributed by atoms with Crippen molar-refractivity contribution in [2.24, 2.45) is 0 Å². The molecule has 0 amide bonds. The number of nitrogens with zero attached hydrogens (tertiary/aromatic N) is 1. The molecular weight excluding hydrogens is 238 g/mol. The van der Waals surface area contributed by atoms with Gasteiger partial charge in [-0.2, -0.15) is 5.26 Å². The first-order valence-corrected chi connectivity index (χ1v) is 6.09. The third kappa shape index (κ3) is 3.26. The predicted octanol–water partition coefficient (Wildman–Crippen LogP) is 2.71. The maximum absolute atomic E-state index is 11.7. The van der Waals surface area contributed by atoms with Crippen LogP contribution in [0.15, 0.2) is 54.1 Å². The lowest BCUT2D eigenvalue weighted by Gasteiger charge is -2.16. The smallest absolute Gasteiger partial charge is 0.182 e. The molecule has 0 spiro atoms. The van der Waals surface area contributed by atoms with E-state index in [4.69, 9.17) is 5.26 Å². The fourth-order valence-corrected chi connectivity index (χ4v) is 2.12. The van der Waals surface area contributed by atoms with Gasteiger partial charge in [-0.25, -0.2) is 0 Å². The van der Waals surface area contributed by atoms with Crippen molar-refractivity contribution in [2.75, 3.05) is 0 Å². The Morgan fingerprint density at radius 1 is 1.11 bits per heavy atom. The first-order chi connectivity index (χ1) is 9.20. The van der Waals surface area contributed by atoms with Crippen LogP contribution < -0.4 is 0 Å². The first kappa shape index (κ1) is 13.0. The number of carbonyl (C=O) groups is 2. The molecule has 0 saturated carbocycles. The summed E-state index contributed by atoms with van der Waals surface area (Å²) in [5, 5.41) is 8.91. The molecule has 19 heavy (non-hydrogen) atoms. The van der Waals surface area contributed by atoms with Crippen molar-refractivity contribution in [3.63, 3.8) is 0 Å². The molecule has 1 aliphatic carbocycles. The van der Waals surface area contributed by atoms with Gasteiger partial charge in [0, 0.05) is 17.9 Å². The Balaban J connectivity index is 2.21. The minimum atomic E-state index is -0.168. The second-order valence-corrected chi connectivity index (χ2v) is 4.44. The van der Waals surface area contributed by atoms with Crippen molar-refractivity contribution < 1.29 is 9.59 Å². The average molecular weight is 251 g/mol. The Kier molecular flexibility index (Phi) is 4.04. The summed E-state index contributed by atoms with van der Waals surface area (Å²) in [6, 6.07) is 11.7. The van der Waals surface area contributed by atoms with E-state index >= 15 is 0 Å². The zero-order chi connectivity index (χ0) is 13.7. The minimum absolute atomic E-state index is 0.0549. The van der Waals surface area contributed by atoms with Crippen LogP contribution in [0.2, 0.25) is 0 Å². The molecule has 0 saturated heterocycles. The van der Waals surface area contributed by atoms with Crippen LogP contribution in [0.5, 0.6) is 0 Å². The first-order valence-electron chi connectivity index (χ1n) is 6.09. The van der Waals surface area contributed by atoms with Gasteiger partial charge in [0.15, 0.2) is 11.6 Å². The molecule has 1 atom stereocenters. The molecule has 94 valence electrons. The number of ketones is 2. The number of hydrogen-bond donors (Lipinski definition) is 0. The van der Waals surface area contributed by atoms with Crippen LogP contribution in [0, 0.1) is 11.3 Å². The fraction of sp³-hybridized carbons (Fsp3) is 0.188. The van der Waals surface area contributed by atoms with Gasteiger partial charge in [-0.1, -0.05) is 30.3 Å². The summed E-state index contributed by atoms with van der Waals surface area (Å²) in [7, 11) is 0. The van der Waals surface area contributed by atoms with Crippen LogP contribution in [0.3, 0.4) is 0 Å². The van der Waals surface area contributed by atoms with Gasteiger partial charge in [0.05, 0.1) is 6.07 Å². The summed E-state index contributed by atoms with van der Waals surface area (Å²) in [6.07, 6.45) is 4.69. The van der Waals surface area contributed by atoms with Gasteiger partial charge in [-0.15, -0.1) is 0 Å². The topological polar surface area (TPSA) is 57.9 Å². The lowest BCUT2D eigenvalue weighted by atomic mass is 9.86. The molecule has 0 aromatic heterocycles. The molecule has 0 aliphatic heterocycles. The summed E-state index contributed by atoms with van der Waals surface area (Å²) in [5.41, 5.74) is 1.50. The van der Waals surface area contributed by atoms with E-state index in [0.717, 1.165) is 5.56 Å². The van der Waals surface area contributed by atoms with Gasteiger partial charge in [0.1, 0.15) is 0 Å². The van der Waals surface area contributed by atoms with Crippen LogP contribution in [-0.2, 0) is 9.59 Å². The highest BCUT2D eigenvalue weighted by Gasteiger charge is 2.19. The van der Waals surface area contributed by atoms with Crippen molar-refractivity contribution in [3.05, 3.63) is 59.7 Å². The normalized spacial score (nSPS) is 15.8. The van der Waals surface area contributed by atoms with Crippen molar-refractivity contribution in [1.29, 1.82) is 5.26 Å². The van der Waals surface area contributed by atoms with Gasteiger partial charge in [-0.05, 0) is 30.2 Å². The van der Waals surface area contributed by atoms with Crippen LogP contribution >= 0.6 is 0 Å². The Morgan fingerprint density at radius 2 is 1.84 bits per heavy atom. The number of allylic oxidation sites excluding steroid dienone is 4. The Labute approximate surface area is 111 Å². The number of rotatable bonds is 4. The van der Waals surface area contributed by atoms with E-state index in [1.165, 1.54) is 18.2 Å². The molecule has 3 nitrogen and oxygen atoms in total. The summed E-state index contributed by atoms with van der Waals surface area (Å²) < 4.78 is 0. The van der Waals surface area contributed by atoms with Gasteiger partial charge < -0.3 is 0 Å². The Morgan fingerprint density at radius 3 is 2.53 bits per heavy atom. The predicted molar refractivity (Wildman–Crippen MR) is 71.3 cm³/mol. The van der Waals surface area contributed by atoms with Crippen LogP contribution in [0.4, 0.5) is 0 Å². The van der Waals surface area contributed by atoms with Gasteiger partial charge >= 0.3 is 0 Å². The van der Waals surface area contributed by atoms with Gasteiger partial charge in [-0.3, -0.25) is 9.59 Å². The van der Waals surface area contributed by atoms with Gasteiger partial charge in [0.25, 0.3) is 0 Å². The SMILES string of the molecule is N#CCC(CC1=CC(=O)C=CC1=O)c1ccccc1. The van der Waals surface area contributed by atoms with Crippen molar-refractivity contribution in [1.82, 2.24) is 0 Å². The second kappa shape index (κ2) is 5.92. The van der Waals surface area contributed by atoms with E-state index < -0.39 is 0 Å². The van der Waals surface area contributed by atoms with E-state index in [1.54, 1.807) is 0 Å². The molecule has 1 unspecified atom stereocenters. The molecule has 3 heteroatoms. The van der Waals surface area contributed by atoms with Crippen molar-refractivity contribution in [2.45, 2.75) is 18.8 Å². The molecular formula is C16H13NO2. The summed E-state index contributed by atoms with van der Waals surface area (Å²) >= 11 is 0. The number of hydrogen-bond acceptors (Lipinski definition) is 3. The summed E-state index contributed by atoms with van der Waals surface area (Å²) in [5.74, 6) is -0.363. The largest absolute Gasteiger partial charge is 0.290 e. The van der Waals surface area contributed by atoms with E-state index in [9.17, 15) is 9.59 Å². The van der Waals surface area contributed by atoms with Crippen molar-refractivity contribution in [3.8, 4) is 6.07 Å². The van der Waals surface area contributed by atoms with E-state index in [-0.39, 0.29) is 17.5 Å². The maximum atomic E-state index is 11.7. The number of nitriles is 1. The number of benzene rings is 1. The molecule has 1 aromatic carbocycles. The van der Waals surface area contributed by atoms with E-state index in [2.05, 4.69) is 6.07 Å². The van der Waals surface area contributed by atoms with Crippen LogP contribution in [0.25, 0.3) is 0 Å². The van der Waals surface area contributed by atoms with Crippen LogP contribution in [-0.4, -0.2) is 11.6 Å². The Bertz CT molecular complexity index is 591. The molecule has 1 aliphatic rings. The monoisotopic (exact) mass is 251 g/mol. The molecule has 0 bridgehead atoms. The maximum Gasteiger partial charge on any atom is 0.182 e. The van der Waals surface area contributed by atoms with E-state index in [0.29, 0.717) is 18.4 Å². The van der Waals surface area contributed by atoms with Crippen molar-refractivity contribution >= 4 is 11.6 Å². The second-order valence-electron chi connectivity index (χ2n) is 4.44. The average Bonchev–Trinajstić information content (AvgIpc) is 2.43. The molecule has 0 N–H and O–H groups in total. The zero-order valence-corrected chi connectivity index (χ0v) is 10.4. The number of carbonyl (C=O) groups excluding carboxylic acids is 2. The molecule has 1 aromatic rings. The third-order valence-corrected chi connectivity index (χ3v) is 3.11. The minimum Gasteiger partial charge on any atom is -0.290 e. The highest BCUT2D eigenvalue weighted by molar-refractivity contribution is 6.17. The zero-order valence-electron chi connectivity index (χ0n) is 10.4. The standard InChI is InChI=1S/C16H13NO2/c17-9-8-13(12-4-2-1-3-5-12)10-14-11-15(18)6-7-16(14)19/h1-7,11,13H,8,10H2. The highest BCUT2D eigenvalue weighted by Crippen LogP contribution is 2.28. The summed E-state index contributed by atoms with van der Waals surface area (Å²) in [4.78, 5) is 23.0. The third-order valence-electron chi connectivity index (χ3n) is 3.11. The lowest BCUT2D eigenvalue weighted by Crippen LogP contribution is -2.11. The molecule has 2 rings (SSSR count). The lowest BCUT2D eigenvalue weighted by molar-refractivity contribution is -0.114. The molecule has 0 heterocycles. The highest BCUT2D eigenvalue weighted by atomic mass is 16.1. The molecule has 0 radical (unpaired) electrons. The molecule has 0 fully saturated rings. The van der Waals surface area contributed by atoms with Crippen LogP contribution in [0.1, 0.15) is 24.3 Å².